The molecule has 2 N–H and O–H groups in total. The van der Waals surface area contributed by atoms with Crippen molar-refractivity contribution in [1.29, 1.82) is 0 Å². The molecule has 0 bridgehead atoms. The second-order valence-corrected chi connectivity index (χ2v) is 4.31. The Morgan fingerprint density at radius 1 is 1.47 bits per heavy atom. The molecule has 1 unspecified atom stereocenters. The van der Waals surface area contributed by atoms with Crippen LogP contribution in [0.1, 0.15) is 5.69 Å². The van der Waals surface area contributed by atoms with Crippen LogP contribution in [-0.4, -0.2) is 53.4 Å². The molecule has 2 heterocycles. The molecule has 1 saturated heterocycles. The highest BCUT2D eigenvalue weighted by Gasteiger charge is 2.31. The Labute approximate surface area is 101 Å². The van der Waals surface area contributed by atoms with E-state index in [1.54, 1.807) is 6.20 Å². The molecule has 92 valence electrons. The Hall–Kier alpha value is -1.46. The molecule has 1 fully saturated rings. The highest BCUT2D eigenvalue weighted by molar-refractivity contribution is 5.82. The van der Waals surface area contributed by atoms with Crippen molar-refractivity contribution in [3.63, 3.8) is 0 Å². The van der Waals surface area contributed by atoms with Gasteiger partial charge >= 0.3 is 0 Å². The Morgan fingerprint density at radius 2 is 2.29 bits per heavy atom. The number of hydrogen-bond donors (Lipinski definition) is 1. The first-order valence-corrected chi connectivity index (χ1v) is 5.81. The van der Waals surface area contributed by atoms with Crippen LogP contribution in [-0.2, 0) is 11.3 Å². The fourth-order valence-corrected chi connectivity index (χ4v) is 2.07. The zero-order valence-electron chi connectivity index (χ0n) is 10.0. The third-order valence-electron chi connectivity index (χ3n) is 3.15. The minimum Gasteiger partial charge on any atom is -0.334 e. The molecule has 5 heteroatoms. The molecule has 0 radical (unpaired) electrons. The van der Waals surface area contributed by atoms with Crippen LogP contribution in [0.15, 0.2) is 24.4 Å². The summed E-state index contributed by atoms with van der Waals surface area (Å²) in [6.07, 6.45) is 1.75. The summed E-state index contributed by atoms with van der Waals surface area (Å²) in [6, 6.07) is 5.55. The fourth-order valence-electron chi connectivity index (χ4n) is 2.07. The van der Waals surface area contributed by atoms with E-state index in [4.69, 9.17) is 5.73 Å². The van der Waals surface area contributed by atoms with Gasteiger partial charge in [-0.3, -0.25) is 14.7 Å². The van der Waals surface area contributed by atoms with Gasteiger partial charge in [0.25, 0.3) is 0 Å². The molecule has 17 heavy (non-hydrogen) atoms. The van der Waals surface area contributed by atoms with Crippen LogP contribution in [0.5, 0.6) is 0 Å². The summed E-state index contributed by atoms with van der Waals surface area (Å²) in [5, 5.41) is 0. The quantitative estimate of drug-likeness (QED) is 0.779. The Bertz CT molecular complexity index is 381. The topological polar surface area (TPSA) is 62.5 Å². The molecule has 0 aromatic carbocycles. The number of nitrogens with zero attached hydrogens (tertiary/aromatic N) is 3. The van der Waals surface area contributed by atoms with Gasteiger partial charge in [-0.05, 0) is 19.2 Å². The van der Waals surface area contributed by atoms with Crippen molar-refractivity contribution in [3.8, 4) is 0 Å². The largest absolute Gasteiger partial charge is 0.334 e. The normalized spacial score (nSPS) is 21.9. The van der Waals surface area contributed by atoms with E-state index in [-0.39, 0.29) is 11.9 Å². The molecule has 1 aliphatic heterocycles. The first-order chi connectivity index (χ1) is 8.22. The van der Waals surface area contributed by atoms with Crippen molar-refractivity contribution < 1.29 is 4.79 Å². The van der Waals surface area contributed by atoms with Crippen molar-refractivity contribution in [2.45, 2.75) is 12.6 Å². The molecule has 1 aromatic heterocycles. The number of hydrogen-bond acceptors (Lipinski definition) is 4. The van der Waals surface area contributed by atoms with Gasteiger partial charge in [0, 0.05) is 25.8 Å². The standard InChI is InChI=1S/C12H18N4O/c1-15-6-7-16(12(17)11(15)8-13)9-10-4-2-3-5-14-10/h2-5,11H,6-9,13H2,1H3. The fraction of sp³-hybridized carbons (Fsp3) is 0.500. The van der Waals surface area contributed by atoms with Crippen LogP contribution in [0.25, 0.3) is 0 Å². The third kappa shape index (κ3) is 2.62. The number of rotatable bonds is 3. The van der Waals surface area contributed by atoms with Crippen molar-refractivity contribution >= 4 is 5.91 Å². The molecule has 0 aliphatic carbocycles. The van der Waals surface area contributed by atoms with Gasteiger partial charge < -0.3 is 10.6 Å². The van der Waals surface area contributed by atoms with Crippen LogP contribution < -0.4 is 5.73 Å². The van der Waals surface area contributed by atoms with Gasteiger partial charge in [-0.15, -0.1) is 0 Å². The average molecular weight is 234 g/mol. The van der Waals surface area contributed by atoms with Gasteiger partial charge in [0.05, 0.1) is 12.2 Å². The van der Waals surface area contributed by atoms with E-state index in [1.807, 2.05) is 35.0 Å². The maximum Gasteiger partial charge on any atom is 0.241 e. The van der Waals surface area contributed by atoms with Gasteiger partial charge in [0.2, 0.25) is 5.91 Å². The van der Waals surface area contributed by atoms with Gasteiger partial charge in [-0.25, -0.2) is 0 Å². The lowest BCUT2D eigenvalue weighted by molar-refractivity contribution is -0.141. The van der Waals surface area contributed by atoms with Crippen LogP contribution in [0, 0.1) is 0 Å². The summed E-state index contributed by atoms with van der Waals surface area (Å²) in [6.45, 7) is 2.54. The minimum atomic E-state index is -0.188. The van der Waals surface area contributed by atoms with Crippen LogP contribution in [0.3, 0.4) is 0 Å². The van der Waals surface area contributed by atoms with E-state index in [0.717, 1.165) is 18.8 Å². The van der Waals surface area contributed by atoms with Gasteiger partial charge in [0.1, 0.15) is 6.04 Å². The minimum absolute atomic E-state index is 0.104. The lowest BCUT2D eigenvalue weighted by Gasteiger charge is -2.37. The molecule has 0 spiro atoms. The van der Waals surface area contributed by atoms with E-state index in [0.29, 0.717) is 13.1 Å². The van der Waals surface area contributed by atoms with Crippen molar-refractivity contribution in [3.05, 3.63) is 30.1 Å². The van der Waals surface area contributed by atoms with Crippen LogP contribution in [0.4, 0.5) is 0 Å². The van der Waals surface area contributed by atoms with Gasteiger partial charge in [0.15, 0.2) is 0 Å². The van der Waals surface area contributed by atoms with E-state index >= 15 is 0 Å². The number of piperazine rings is 1. The lowest BCUT2D eigenvalue weighted by atomic mass is 10.1. The van der Waals surface area contributed by atoms with E-state index in [2.05, 4.69) is 4.98 Å². The lowest BCUT2D eigenvalue weighted by Crippen LogP contribution is -2.57. The number of aromatic nitrogens is 1. The van der Waals surface area contributed by atoms with E-state index in [9.17, 15) is 4.79 Å². The second kappa shape index (κ2) is 5.25. The highest BCUT2D eigenvalue weighted by Crippen LogP contribution is 2.11. The number of carbonyl (C=O) groups excluding carboxylic acids is 1. The number of likely N-dealkylation sites (N-methyl/N-ethyl adjacent to an activating group) is 1. The van der Waals surface area contributed by atoms with Crippen molar-refractivity contribution in [2.75, 3.05) is 26.7 Å². The highest BCUT2D eigenvalue weighted by atomic mass is 16.2. The maximum absolute atomic E-state index is 12.1. The molecular weight excluding hydrogens is 216 g/mol. The summed E-state index contributed by atoms with van der Waals surface area (Å²) in [5.41, 5.74) is 6.55. The molecule has 1 atom stereocenters. The molecule has 0 saturated carbocycles. The number of amides is 1. The first-order valence-electron chi connectivity index (χ1n) is 5.81. The molecule has 5 nitrogen and oxygen atoms in total. The zero-order valence-corrected chi connectivity index (χ0v) is 10.0. The predicted octanol–water partition coefficient (Wildman–Crippen LogP) is -0.317. The van der Waals surface area contributed by atoms with Gasteiger partial charge in [-0.2, -0.15) is 0 Å². The van der Waals surface area contributed by atoms with Crippen LogP contribution >= 0.6 is 0 Å². The van der Waals surface area contributed by atoms with E-state index < -0.39 is 0 Å². The smallest absolute Gasteiger partial charge is 0.241 e. The predicted molar refractivity (Wildman–Crippen MR) is 65.1 cm³/mol. The average Bonchev–Trinajstić information content (AvgIpc) is 2.35. The Balaban J connectivity index is 2.05. The SMILES string of the molecule is CN1CCN(Cc2ccccn2)C(=O)C1CN. The summed E-state index contributed by atoms with van der Waals surface area (Å²) >= 11 is 0. The molecule has 1 aromatic rings. The first kappa shape index (κ1) is 12.0. The number of pyridine rings is 1. The van der Waals surface area contributed by atoms with Crippen LogP contribution in [0.2, 0.25) is 0 Å². The summed E-state index contributed by atoms with van der Waals surface area (Å²) in [4.78, 5) is 20.2. The number of nitrogens with two attached hydrogens (primary N) is 1. The zero-order chi connectivity index (χ0) is 12.3. The van der Waals surface area contributed by atoms with Crippen molar-refractivity contribution in [1.82, 2.24) is 14.8 Å². The van der Waals surface area contributed by atoms with Gasteiger partial charge in [-0.1, -0.05) is 6.07 Å². The van der Waals surface area contributed by atoms with Crippen molar-refractivity contribution in [2.24, 2.45) is 5.73 Å². The molecule has 1 aliphatic rings. The van der Waals surface area contributed by atoms with E-state index in [1.165, 1.54) is 0 Å². The maximum atomic E-state index is 12.1. The summed E-state index contributed by atoms with van der Waals surface area (Å²) in [7, 11) is 1.94. The second-order valence-electron chi connectivity index (χ2n) is 4.31. The summed E-state index contributed by atoms with van der Waals surface area (Å²) in [5.74, 6) is 0.104. The molecular formula is C12H18N4O. The molecule has 2 rings (SSSR count). The number of carbonyl (C=O) groups is 1. The summed E-state index contributed by atoms with van der Waals surface area (Å²) < 4.78 is 0. The molecule has 1 amide bonds. The Kier molecular flexibility index (Phi) is 3.71. The Morgan fingerprint density at radius 3 is 2.94 bits per heavy atom. The third-order valence-corrected chi connectivity index (χ3v) is 3.15. The monoisotopic (exact) mass is 234 g/mol.